The SMILES string of the molecule is O=C(Nc1ccc(Cl)cc1)C1CC(c2ccc(Cl)cc2)=Nc2ccccc2S1. The maximum atomic E-state index is 13.0. The maximum Gasteiger partial charge on any atom is 0.238 e. The molecule has 0 radical (unpaired) electrons. The van der Waals surface area contributed by atoms with Gasteiger partial charge in [-0.3, -0.25) is 9.79 Å². The standard InChI is InChI=1S/C22H16Cl2N2OS/c23-15-7-5-14(6-8-15)19-13-21(28-20-4-2-1-3-18(20)26-19)22(27)25-17-11-9-16(24)10-12-17/h1-12,21H,13H2,(H,25,27). The van der Waals surface area contributed by atoms with Crippen LogP contribution in [0.15, 0.2) is 82.7 Å². The Morgan fingerprint density at radius 2 is 1.57 bits per heavy atom. The molecule has 0 aliphatic carbocycles. The van der Waals surface area contributed by atoms with Crippen molar-refractivity contribution in [1.82, 2.24) is 0 Å². The van der Waals surface area contributed by atoms with Crippen LogP contribution >= 0.6 is 35.0 Å². The van der Waals surface area contributed by atoms with E-state index in [1.165, 1.54) is 11.8 Å². The molecule has 1 amide bonds. The van der Waals surface area contributed by atoms with Crippen LogP contribution in [0.25, 0.3) is 0 Å². The second-order valence-electron chi connectivity index (χ2n) is 6.34. The van der Waals surface area contributed by atoms with Crippen LogP contribution in [0.2, 0.25) is 10.0 Å². The molecule has 140 valence electrons. The van der Waals surface area contributed by atoms with Gasteiger partial charge in [0, 0.05) is 32.8 Å². The molecule has 1 atom stereocenters. The molecule has 3 nitrogen and oxygen atoms in total. The molecule has 0 saturated heterocycles. The van der Waals surface area contributed by atoms with E-state index in [4.69, 9.17) is 28.2 Å². The van der Waals surface area contributed by atoms with E-state index in [0.717, 1.165) is 27.5 Å². The Bertz CT molecular complexity index is 1030. The molecule has 6 heteroatoms. The second kappa shape index (κ2) is 8.39. The summed E-state index contributed by atoms with van der Waals surface area (Å²) < 4.78 is 0. The van der Waals surface area contributed by atoms with Gasteiger partial charge >= 0.3 is 0 Å². The van der Waals surface area contributed by atoms with Gasteiger partial charge in [-0.2, -0.15) is 0 Å². The van der Waals surface area contributed by atoms with Crippen LogP contribution in [-0.4, -0.2) is 16.9 Å². The van der Waals surface area contributed by atoms with Crippen LogP contribution in [0.4, 0.5) is 11.4 Å². The van der Waals surface area contributed by atoms with Gasteiger partial charge in [-0.1, -0.05) is 47.5 Å². The Hall–Kier alpha value is -2.27. The number of carbonyl (C=O) groups excluding carboxylic acids is 1. The third-order valence-corrected chi connectivity index (χ3v) is 6.12. The van der Waals surface area contributed by atoms with Gasteiger partial charge in [0.25, 0.3) is 0 Å². The molecular weight excluding hydrogens is 411 g/mol. The van der Waals surface area contributed by atoms with Crippen LogP contribution in [-0.2, 0) is 4.79 Å². The van der Waals surface area contributed by atoms with Crippen molar-refractivity contribution in [3.63, 3.8) is 0 Å². The number of benzene rings is 3. The minimum Gasteiger partial charge on any atom is -0.325 e. The van der Waals surface area contributed by atoms with E-state index < -0.39 is 0 Å². The molecule has 3 aromatic rings. The second-order valence-corrected chi connectivity index (χ2v) is 8.46. The van der Waals surface area contributed by atoms with Gasteiger partial charge < -0.3 is 5.32 Å². The Balaban J connectivity index is 1.65. The van der Waals surface area contributed by atoms with Crippen molar-refractivity contribution >= 4 is 58.0 Å². The molecule has 28 heavy (non-hydrogen) atoms. The lowest BCUT2D eigenvalue weighted by molar-refractivity contribution is -0.115. The highest BCUT2D eigenvalue weighted by molar-refractivity contribution is 8.00. The van der Waals surface area contributed by atoms with Gasteiger partial charge in [-0.05, 0) is 54.1 Å². The molecule has 1 N–H and O–H groups in total. The first kappa shape index (κ1) is 19.1. The number of fused-ring (bicyclic) bond motifs is 1. The number of hydrogen-bond donors (Lipinski definition) is 1. The van der Waals surface area contributed by atoms with Crippen molar-refractivity contribution < 1.29 is 4.79 Å². The summed E-state index contributed by atoms with van der Waals surface area (Å²) in [5.41, 5.74) is 3.42. The molecule has 0 spiro atoms. The highest BCUT2D eigenvalue weighted by Gasteiger charge is 2.26. The van der Waals surface area contributed by atoms with Crippen LogP contribution in [0.3, 0.4) is 0 Å². The molecule has 1 unspecified atom stereocenters. The minimum absolute atomic E-state index is 0.0642. The molecular formula is C22H16Cl2N2OS. The Morgan fingerprint density at radius 3 is 2.29 bits per heavy atom. The Kier molecular flexibility index (Phi) is 5.72. The first-order valence-electron chi connectivity index (χ1n) is 8.74. The van der Waals surface area contributed by atoms with Crippen molar-refractivity contribution in [2.75, 3.05) is 5.32 Å². The Labute approximate surface area is 177 Å². The molecule has 0 fully saturated rings. The number of amides is 1. The monoisotopic (exact) mass is 426 g/mol. The normalized spacial score (nSPS) is 15.9. The molecule has 3 aromatic carbocycles. The van der Waals surface area contributed by atoms with E-state index >= 15 is 0 Å². The number of halogens is 2. The van der Waals surface area contributed by atoms with Crippen LogP contribution in [0, 0.1) is 0 Å². The predicted molar refractivity (Wildman–Crippen MR) is 118 cm³/mol. The number of nitrogens with zero attached hydrogens (tertiary/aromatic N) is 1. The molecule has 1 aliphatic rings. The van der Waals surface area contributed by atoms with E-state index in [9.17, 15) is 4.79 Å². The zero-order valence-electron chi connectivity index (χ0n) is 14.7. The average molecular weight is 427 g/mol. The van der Waals surface area contributed by atoms with Crippen LogP contribution in [0.5, 0.6) is 0 Å². The number of thioether (sulfide) groups is 1. The summed E-state index contributed by atoms with van der Waals surface area (Å²) in [6, 6.07) is 22.5. The summed E-state index contributed by atoms with van der Waals surface area (Å²) in [5.74, 6) is -0.0642. The van der Waals surface area contributed by atoms with E-state index in [1.807, 2.05) is 48.5 Å². The van der Waals surface area contributed by atoms with Gasteiger partial charge in [0.2, 0.25) is 5.91 Å². The molecule has 0 saturated carbocycles. The van der Waals surface area contributed by atoms with Crippen molar-refractivity contribution in [2.24, 2.45) is 4.99 Å². The van der Waals surface area contributed by atoms with Crippen LogP contribution in [0.1, 0.15) is 12.0 Å². The molecule has 1 aliphatic heterocycles. The Morgan fingerprint density at radius 1 is 0.929 bits per heavy atom. The van der Waals surface area contributed by atoms with E-state index in [0.29, 0.717) is 16.5 Å². The number of anilines is 1. The fraction of sp³-hybridized carbons (Fsp3) is 0.0909. The van der Waals surface area contributed by atoms with Gasteiger partial charge in [-0.25, -0.2) is 0 Å². The topological polar surface area (TPSA) is 41.5 Å². The first-order chi connectivity index (χ1) is 13.6. The van der Waals surface area contributed by atoms with Gasteiger partial charge in [0.1, 0.15) is 0 Å². The number of aliphatic imine (C=N–C) groups is 1. The van der Waals surface area contributed by atoms with E-state index in [-0.39, 0.29) is 11.2 Å². The summed E-state index contributed by atoms with van der Waals surface area (Å²) >= 11 is 13.5. The summed E-state index contributed by atoms with van der Waals surface area (Å²) in [7, 11) is 0. The number of carbonyl (C=O) groups is 1. The fourth-order valence-electron chi connectivity index (χ4n) is 2.94. The third-order valence-electron chi connectivity index (χ3n) is 4.35. The lowest BCUT2D eigenvalue weighted by atomic mass is 10.0. The lowest BCUT2D eigenvalue weighted by Gasteiger charge is -2.16. The fourth-order valence-corrected chi connectivity index (χ4v) is 4.29. The van der Waals surface area contributed by atoms with Gasteiger partial charge in [0.05, 0.1) is 10.9 Å². The summed E-state index contributed by atoms with van der Waals surface area (Å²) in [6.07, 6.45) is 0.514. The largest absolute Gasteiger partial charge is 0.325 e. The highest BCUT2D eigenvalue weighted by Crippen LogP contribution is 2.38. The number of rotatable bonds is 3. The summed E-state index contributed by atoms with van der Waals surface area (Å²) in [6.45, 7) is 0. The third kappa shape index (κ3) is 4.41. The van der Waals surface area contributed by atoms with Crippen molar-refractivity contribution in [1.29, 1.82) is 0 Å². The lowest BCUT2D eigenvalue weighted by Crippen LogP contribution is -2.27. The maximum absolute atomic E-state index is 13.0. The highest BCUT2D eigenvalue weighted by atomic mass is 35.5. The molecule has 0 aromatic heterocycles. The van der Waals surface area contributed by atoms with Gasteiger partial charge in [-0.15, -0.1) is 11.8 Å². The van der Waals surface area contributed by atoms with Crippen LogP contribution < -0.4 is 5.32 Å². The average Bonchev–Trinajstić information content (AvgIpc) is 2.90. The summed E-state index contributed by atoms with van der Waals surface area (Å²) in [4.78, 5) is 18.8. The predicted octanol–water partition coefficient (Wildman–Crippen LogP) is 6.62. The molecule has 1 heterocycles. The number of para-hydroxylation sites is 1. The summed E-state index contributed by atoms with van der Waals surface area (Å²) in [5, 5.41) is 3.98. The first-order valence-corrected chi connectivity index (χ1v) is 10.4. The minimum atomic E-state index is -0.311. The van der Waals surface area contributed by atoms with Crippen molar-refractivity contribution in [2.45, 2.75) is 16.6 Å². The van der Waals surface area contributed by atoms with Gasteiger partial charge in [0.15, 0.2) is 0 Å². The number of hydrogen-bond acceptors (Lipinski definition) is 3. The number of nitrogens with one attached hydrogen (secondary N) is 1. The smallest absolute Gasteiger partial charge is 0.238 e. The zero-order chi connectivity index (χ0) is 19.5. The van der Waals surface area contributed by atoms with E-state index in [2.05, 4.69) is 5.32 Å². The quantitative estimate of drug-likeness (QED) is 0.511. The van der Waals surface area contributed by atoms with E-state index in [1.54, 1.807) is 24.3 Å². The van der Waals surface area contributed by atoms with Crippen molar-refractivity contribution in [3.05, 3.63) is 88.4 Å². The van der Waals surface area contributed by atoms with Crippen molar-refractivity contribution in [3.8, 4) is 0 Å². The molecule has 0 bridgehead atoms. The molecule has 4 rings (SSSR count). The zero-order valence-corrected chi connectivity index (χ0v) is 17.1.